The molecular formula is C23H27N3O2S. The molecule has 3 aromatic rings. The molecule has 6 heteroatoms. The number of thiophene rings is 1. The molecule has 0 saturated heterocycles. The number of hydrogen-bond donors (Lipinski definition) is 1. The van der Waals surface area contributed by atoms with Crippen molar-refractivity contribution in [3.05, 3.63) is 63.0 Å². The number of carbonyl (C=O) groups excluding carboxylic acids is 1. The third kappa shape index (κ3) is 4.27. The van der Waals surface area contributed by atoms with Crippen LogP contribution in [-0.2, 0) is 24.2 Å². The predicted octanol–water partition coefficient (Wildman–Crippen LogP) is 4.38. The highest BCUT2D eigenvalue weighted by Gasteiger charge is 2.20. The van der Waals surface area contributed by atoms with E-state index in [9.17, 15) is 9.59 Å². The minimum atomic E-state index is -0.0355. The summed E-state index contributed by atoms with van der Waals surface area (Å²) in [6, 6.07) is 10.1. The first-order valence-corrected chi connectivity index (χ1v) is 11.3. The van der Waals surface area contributed by atoms with Crippen molar-refractivity contribution < 1.29 is 4.79 Å². The molecule has 152 valence electrons. The van der Waals surface area contributed by atoms with Crippen molar-refractivity contribution >= 4 is 27.5 Å². The Morgan fingerprint density at radius 2 is 2.03 bits per heavy atom. The maximum Gasteiger partial charge on any atom is 0.262 e. The number of nitrogens with one attached hydrogen (secondary N) is 1. The second kappa shape index (κ2) is 8.91. The first kappa shape index (κ1) is 19.8. The summed E-state index contributed by atoms with van der Waals surface area (Å²) in [6.07, 6.45) is 8.09. The number of rotatable bonds is 7. The second-order valence-electron chi connectivity index (χ2n) is 7.70. The molecule has 0 fully saturated rings. The summed E-state index contributed by atoms with van der Waals surface area (Å²) in [5, 5.41) is 3.91. The molecule has 0 saturated carbocycles. The Morgan fingerprint density at radius 1 is 1.24 bits per heavy atom. The molecule has 29 heavy (non-hydrogen) atoms. The molecule has 1 N–H and O–H groups in total. The molecule has 0 bridgehead atoms. The van der Waals surface area contributed by atoms with Gasteiger partial charge in [-0.1, -0.05) is 43.7 Å². The Labute approximate surface area is 174 Å². The molecule has 2 heterocycles. The van der Waals surface area contributed by atoms with Gasteiger partial charge in [0.1, 0.15) is 4.83 Å². The molecule has 0 unspecified atom stereocenters. The summed E-state index contributed by atoms with van der Waals surface area (Å²) in [5.74, 6) is -0.0355. The molecule has 4 rings (SSSR count). The van der Waals surface area contributed by atoms with Crippen LogP contribution >= 0.6 is 11.3 Å². The Balaban J connectivity index is 1.47. The van der Waals surface area contributed by atoms with E-state index in [1.165, 1.54) is 16.9 Å². The lowest BCUT2D eigenvalue weighted by molar-refractivity contribution is -0.122. The van der Waals surface area contributed by atoms with Gasteiger partial charge in [0, 0.05) is 17.8 Å². The van der Waals surface area contributed by atoms with Crippen LogP contribution in [0, 0.1) is 0 Å². The van der Waals surface area contributed by atoms with E-state index >= 15 is 0 Å². The number of aryl methyl sites for hydroxylation is 3. The van der Waals surface area contributed by atoms with Crippen molar-refractivity contribution in [2.75, 3.05) is 0 Å². The van der Waals surface area contributed by atoms with E-state index in [2.05, 4.69) is 17.2 Å². The zero-order chi connectivity index (χ0) is 20.2. The lowest BCUT2D eigenvalue weighted by Gasteiger charge is -2.19. The number of carbonyl (C=O) groups is 1. The largest absolute Gasteiger partial charge is 0.349 e. The summed E-state index contributed by atoms with van der Waals surface area (Å²) in [4.78, 5) is 32.3. The topological polar surface area (TPSA) is 64.0 Å². The third-order valence-corrected chi connectivity index (χ3v) is 6.84. The smallest absolute Gasteiger partial charge is 0.262 e. The van der Waals surface area contributed by atoms with E-state index in [-0.39, 0.29) is 23.9 Å². The molecule has 1 aliphatic carbocycles. The van der Waals surface area contributed by atoms with E-state index in [4.69, 9.17) is 0 Å². The fourth-order valence-electron chi connectivity index (χ4n) is 4.13. The minimum Gasteiger partial charge on any atom is -0.349 e. The van der Waals surface area contributed by atoms with Gasteiger partial charge >= 0.3 is 0 Å². The van der Waals surface area contributed by atoms with E-state index in [0.29, 0.717) is 6.54 Å². The highest BCUT2D eigenvalue weighted by atomic mass is 32.1. The Kier molecular flexibility index (Phi) is 6.09. The van der Waals surface area contributed by atoms with Gasteiger partial charge < -0.3 is 5.32 Å². The average molecular weight is 410 g/mol. The van der Waals surface area contributed by atoms with Crippen molar-refractivity contribution in [2.24, 2.45) is 0 Å². The maximum atomic E-state index is 13.0. The van der Waals surface area contributed by atoms with E-state index in [1.54, 1.807) is 22.2 Å². The molecule has 0 aliphatic heterocycles. The van der Waals surface area contributed by atoms with Crippen molar-refractivity contribution in [1.29, 1.82) is 0 Å². The van der Waals surface area contributed by atoms with Crippen LogP contribution in [0.2, 0.25) is 0 Å². The summed E-state index contributed by atoms with van der Waals surface area (Å²) >= 11 is 1.65. The molecule has 5 nitrogen and oxygen atoms in total. The number of nitrogens with zero attached hydrogens (tertiary/aromatic N) is 2. The van der Waals surface area contributed by atoms with Gasteiger partial charge in [0.15, 0.2) is 0 Å². The summed E-state index contributed by atoms with van der Waals surface area (Å²) in [5.41, 5.74) is 2.31. The van der Waals surface area contributed by atoms with E-state index < -0.39 is 0 Å². The van der Waals surface area contributed by atoms with Gasteiger partial charge in [-0.15, -0.1) is 11.3 Å². The summed E-state index contributed by atoms with van der Waals surface area (Å²) < 4.78 is 1.60. The van der Waals surface area contributed by atoms with Crippen LogP contribution in [0.5, 0.6) is 0 Å². The number of amides is 1. The van der Waals surface area contributed by atoms with Crippen LogP contribution in [0.3, 0.4) is 0 Å². The van der Waals surface area contributed by atoms with Crippen LogP contribution in [0.25, 0.3) is 10.2 Å². The van der Waals surface area contributed by atoms with Crippen molar-refractivity contribution in [3.63, 3.8) is 0 Å². The molecule has 1 amide bonds. The lowest BCUT2D eigenvalue weighted by atomic mass is 9.97. The van der Waals surface area contributed by atoms with Gasteiger partial charge in [0.25, 0.3) is 5.56 Å². The average Bonchev–Trinajstić information content (AvgIpc) is 3.13. The first-order valence-electron chi connectivity index (χ1n) is 10.5. The van der Waals surface area contributed by atoms with Crippen LogP contribution < -0.4 is 10.9 Å². The predicted molar refractivity (Wildman–Crippen MR) is 117 cm³/mol. The second-order valence-corrected chi connectivity index (χ2v) is 8.79. The monoisotopic (exact) mass is 409 g/mol. The number of benzene rings is 1. The zero-order valence-electron chi connectivity index (χ0n) is 16.8. The van der Waals surface area contributed by atoms with Gasteiger partial charge in [-0.3, -0.25) is 14.2 Å². The summed E-state index contributed by atoms with van der Waals surface area (Å²) in [6.45, 7) is 2.47. The quantitative estimate of drug-likeness (QED) is 0.630. The molecule has 1 aliphatic rings. The van der Waals surface area contributed by atoms with Crippen LogP contribution in [-0.4, -0.2) is 15.5 Å². The number of aromatic nitrogens is 2. The zero-order valence-corrected chi connectivity index (χ0v) is 17.6. The number of fused-ring (bicyclic) bond motifs is 3. The maximum absolute atomic E-state index is 13.0. The fraction of sp³-hybridized carbons (Fsp3) is 0.435. The van der Waals surface area contributed by atoms with Crippen LogP contribution in [0.4, 0.5) is 0 Å². The molecule has 1 atom stereocenters. The van der Waals surface area contributed by atoms with Gasteiger partial charge in [-0.25, -0.2) is 4.98 Å². The standard InChI is InChI=1S/C23H27N3O2S/c1-2-8-18(16-9-4-3-5-10-16)25-20(27)13-14-26-15-24-22-21(23(26)28)17-11-6-7-12-19(17)29-22/h3-5,9-10,15,18H,2,6-8,11-14H2,1H3,(H,25,27)/t18-/m1/s1. The number of hydrogen-bond acceptors (Lipinski definition) is 4. The van der Waals surface area contributed by atoms with Crippen molar-refractivity contribution in [2.45, 2.75) is 64.5 Å². The van der Waals surface area contributed by atoms with Gasteiger partial charge in [-0.05, 0) is 43.2 Å². The molecule has 2 aromatic heterocycles. The Bertz CT molecular complexity index is 1060. The van der Waals surface area contributed by atoms with Crippen LogP contribution in [0.15, 0.2) is 41.5 Å². The highest BCUT2D eigenvalue weighted by molar-refractivity contribution is 7.18. The highest BCUT2D eigenvalue weighted by Crippen LogP contribution is 2.33. The fourth-order valence-corrected chi connectivity index (χ4v) is 5.34. The SMILES string of the molecule is CCC[C@@H](NC(=O)CCn1cnc2sc3c(c2c1=O)CCCC3)c1ccccc1. The molecular weight excluding hydrogens is 382 g/mol. The molecule has 1 aromatic carbocycles. The Morgan fingerprint density at radius 3 is 2.83 bits per heavy atom. The molecule has 0 radical (unpaired) electrons. The minimum absolute atomic E-state index is 0.00429. The summed E-state index contributed by atoms with van der Waals surface area (Å²) in [7, 11) is 0. The van der Waals surface area contributed by atoms with Crippen molar-refractivity contribution in [1.82, 2.24) is 14.9 Å². The first-order chi connectivity index (χ1) is 14.2. The van der Waals surface area contributed by atoms with Gasteiger partial charge in [0.05, 0.1) is 17.8 Å². The van der Waals surface area contributed by atoms with Gasteiger partial charge in [-0.2, -0.15) is 0 Å². The normalized spacial score (nSPS) is 14.5. The lowest BCUT2D eigenvalue weighted by Crippen LogP contribution is -2.30. The third-order valence-electron chi connectivity index (χ3n) is 5.64. The van der Waals surface area contributed by atoms with Gasteiger partial charge in [0.2, 0.25) is 5.91 Å². The Hall–Kier alpha value is -2.47. The van der Waals surface area contributed by atoms with Crippen molar-refractivity contribution in [3.8, 4) is 0 Å². The molecule has 0 spiro atoms. The van der Waals surface area contributed by atoms with E-state index in [0.717, 1.165) is 47.9 Å². The van der Waals surface area contributed by atoms with Crippen LogP contribution in [0.1, 0.15) is 61.1 Å². The van der Waals surface area contributed by atoms with E-state index in [1.807, 2.05) is 30.3 Å².